The van der Waals surface area contributed by atoms with Gasteiger partial charge in [-0.1, -0.05) is 25.0 Å². The first-order valence-electron chi connectivity index (χ1n) is 6.95. The van der Waals surface area contributed by atoms with Gasteiger partial charge in [-0.25, -0.2) is 0 Å². The fourth-order valence-electron chi connectivity index (χ4n) is 2.67. The Balaban J connectivity index is 1.96. The average molecular weight is 287 g/mol. The summed E-state index contributed by atoms with van der Waals surface area (Å²) in [6.45, 7) is 0.229. The molecule has 0 spiro atoms. The van der Waals surface area contributed by atoms with Gasteiger partial charge in [0.1, 0.15) is 0 Å². The van der Waals surface area contributed by atoms with Crippen LogP contribution in [0.25, 0.3) is 0 Å². The predicted octanol–water partition coefficient (Wildman–Crippen LogP) is 3.75. The molecular weight excluding hydrogens is 267 g/mol. The molecule has 2 rings (SSSR count). The van der Waals surface area contributed by atoms with Gasteiger partial charge in [0.05, 0.1) is 18.3 Å². The third-order valence-corrected chi connectivity index (χ3v) is 3.79. The smallest absolute Gasteiger partial charge is 0.372 e. The second-order valence-electron chi connectivity index (χ2n) is 5.23. The molecule has 20 heavy (non-hydrogen) atoms. The molecule has 1 aliphatic carbocycles. The van der Waals surface area contributed by atoms with Crippen molar-refractivity contribution >= 4 is 0 Å². The number of likely N-dealkylation sites (N-methyl/N-ethyl adjacent to an activating group) is 1. The number of halogens is 3. The first-order chi connectivity index (χ1) is 9.50. The van der Waals surface area contributed by atoms with Gasteiger partial charge in [0, 0.05) is 6.04 Å². The lowest BCUT2D eigenvalue weighted by Gasteiger charge is -2.31. The molecule has 0 heterocycles. The summed E-state index contributed by atoms with van der Waals surface area (Å²) < 4.78 is 43.7. The van der Waals surface area contributed by atoms with Crippen molar-refractivity contribution in [2.75, 3.05) is 7.05 Å². The number of nitrogens with one attached hydrogen (secondary N) is 1. The molecule has 1 aromatic carbocycles. The second kappa shape index (κ2) is 6.59. The molecule has 1 aliphatic rings. The number of ether oxygens (including phenoxy) is 1. The lowest BCUT2D eigenvalue weighted by molar-refractivity contribution is -0.137. The summed E-state index contributed by atoms with van der Waals surface area (Å²) in [5.74, 6) is 0. The lowest BCUT2D eigenvalue weighted by atomic mass is 9.92. The highest BCUT2D eigenvalue weighted by Crippen LogP contribution is 2.30. The highest BCUT2D eigenvalue weighted by Gasteiger charge is 2.30. The van der Waals surface area contributed by atoms with Crippen LogP contribution in [0.1, 0.15) is 36.8 Å². The van der Waals surface area contributed by atoms with Crippen LogP contribution < -0.4 is 5.32 Å². The molecule has 2 atom stereocenters. The summed E-state index contributed by atoms with van der Waals surface area (Å²) in [6, 6.07) is 5.65. The summed E-state index contributed by atoms with van der Waals surface area (Å²) in [5, 5.41) is 3.22. The van der Waals surface area contributed by atoms with E-state index in [1.54, 1.807) is 6.07 Å². The first-order valence-corrected chi connectivity index (χ1v) is 6.95. The minimum absolute atomic E-state index is 0.0864. The van der Waals surface area contributed by atoms with Gasteiger partial charge in [-0.15, -0.1) is 0 Å². The molecule has 0 saturated heterocycles. The predicted molar refractivity (Wildman–Crippen MR) is 71.3 cm³/mol. The van der Waals surface area contributed by atoms with Gasteiger partial charge >= 0.3 is 6.18 Å². The van der Waals surface area contributed by atoms with E-state index in [4.69, 9.17) is 4.74 Å². The molecule has 0 aromatic heterocycles. The highest BCUT2D eigenvalue weighted by atomic mass is 19.4. The van der Waals surface area contributed by atoms with Gasteiger partial charge < -0.3 is 10.1 Å². The van der Waals surface area contributed by atoms with Gasteiger partial charge in [-0.3, -0.25) is 0 Å². The van der Waals surface area contributed by atoms with E-state index < -0.39 is 11.7 Å². The maximum atomic E-state index is 12.6. The van der Waals surface area contributed by atoms with Gasteiger partial charge in [0.2, 0.25) is 0 Å². The van der Waals surface area contributed by atoms with E-state index in [9.17, 15) is 13.2 Å². The molecule has 1 fully saturated rings. The third-order valence-electron chi connectivity index (χ3n) is 3.79. The molecule has 0 bridgehead atoms. The van der Waals surface area contributed by atoms with Crippen LogP contribution in [0, 0.1) is 0 Å². The third kappa shape index (κ3) is 3.96. The van der Waals surface area contributed by atoms with Crippen LogP contribution in [0.5, 0.6) is 0 Å². The van der Waals surface area contributed by atoms with Gasteiger partial charge in [-0.05, 0) is 37.6 Å². The van der Waals surface area contributed by atoms with Crippen LogP contribution in [0.3, 0.4) is 0 Å². The van der Waals surface area contributed by atoms with Crippen molar-refractivity contribution in [3.63, 3.8) is 0 Å². The van der Waals surface area contributed by atoms with E-state index in [2.05, 4.69) is 5.32 Å². The quantitative estimate of drug-likeness (QED) is 0.910. The molecule has 1 saturated carbocycles. The summed E-state index contributed by atoms with van der Waals surface area (Å²) in [4.78, 5) is 0. The SMILES string of the molecule is CNC1CCCCC1OCc1cccc(C(F)(F)F)c1. The summed E-state index contributed by atoms with van der Waals surface area (Å²) in [5.41, 5.74) is -0.0485. The normalized spacial score (nSPS) is 23.8. The number of hydrogen-bond donors (Lipinski definition) is 1. The van der Waals surface area contributed by atoms with Gasteiger partial charge in [-0.2, -0.15) is 13.2 Å². The Morgan fingerprint density at radius 3 is 2.70 bits per heavy atom. The van der Waals surface area contributed by atoms with Crippen LogP contribution in [0.15, 0.2) is 24.3 Å². The zero-order valence-corrected chi connectivity index (χ0v) is 11.5. The molecular formula is C15H20F3NO. The van der Waals surface area contributed by atoms with E-state index in [0.717, 1.165) is 31.4 Å². The van der Waals surface area contributed by atoms with Crippen molar-refractivity contribution < 1.29 is 17.9 Å². The lowest BCUT2D eigenvalue weighted by Crippen LogP contribution is -2.41. The van der Waals surface area contributed by atoms with E-state index >= 15 is 0 Å². The van der Waals surface area contributed by atoms with Crippen molar-refractivity contribution in [3.8, 4) is 0 Å². The van der Waals surface area contributed by atoms with Gasteiger partial charge in [0.15, 0.2) is 0 Å². The number of alkyl halides is 3. The van der Waals surface area contributed by atoms with E-state index in [1.807, 2.05) is 7.05 Å². The number of hydrogen-bond acceptors (Lipinski definition) is 2. The monoisotopic (exact) mass is 287 g/mol. The Labute approximate surface area is 117 Å². The molecule has 0 amide bonds. The van der Waals surface area contributed by atoms with E-state index in [1.165, 1.54) is 12.5 Å². The second-order valence-corrected chi connectivity index (χ2v) is 5.23. The maximum absolute atomic E-state index is 12.6. The van der Waals surface area contributed by atoms with Crippen LogP contribution in [0.4, 0.5) is 13.2 Å². The molecule has 5 heteroatoms. The molecule has 2 nitrogen and oxygen atoms in total. The molecule has 1 N–H and O–H groups in total. The minimum Gasteiger partial charge on any atom is -0.372 e. The van der Waals surface area contributed by atoms with Crippen molar-refractivity contribution in [2.45, 2.75) is 50.6 Å². The Bertz CT molecular complexity index is 433. The Hall–Kier alpha value is -1.07. The minimum atomic E-state index is -4.30. The maximum Gasteiger partial charge on any atom is 0.416 e. The molecule has 1 aromatic rings. The van der Waals surface area contributed by atoms with Crippen molar-refractivity contribution in [3.05, 3.63) is 35.4 Å². The summed E-state index contributed by atoms with van der Waals surface area (Å²) >= 11 is 0. The topological polar surface area (TPSA) is 21.3 Å². The largest absolute Gasteiger partial charge is 0.416 e. The van der Waals surface area contributed by atoms with Crippen LogP contribution >= 0.6 is 0 Å². The first kappa shape index (κ1) is 15.3. The zero-order valence-electron chi connectivity index (χ0n) is 11.5. The molecule has 0 radical (unpaired) electrons. The summed E-state index contributed by atoms with van der Waals surface area (Å²) in [7, 11) is 1.90. The molecule has 112 valence electrons. The Kier molecular flexibility index (Phi) is 5.05. The van der Waals surface area contributed by atoms with Crippen LogP contribution in [-0.2, 0) is 17.5 Å². The average Bonchev–Trinajstić information content (AvgIpc) is 2.45. The Morgan fingerprint density at radius 1 is 1.25 bits per heavy atom. The molecule has 0 aliphatic heterocycles. The zero-order chi connectivity index (χ0) is 14.6. The Morgan fingerprint density at radius 2 is 2.00 bits per heavy atom. The van der Waals surface area contributed by atoms with Gasteiger partial charge in [0.25, 0.3) is 0 Å². The molecule has 2 unspecified atom stereocenters. The summed E-state index contributed by atoms with van der Waals surface area (Å²) in [6.07, 6.45) is 0.103. The standard InChI is InChI=1S/C15H20F3NO/c1-19-13-7-2-3-8-14(13)20-10-11-5-4-6-12(9-11)15(16,17)18/h4-6,9,13-14,19H,2-3,7-8,10H2,1H3. The number of benzene rings is 1. The highest BCUT2D eigenvalue weighted by molar-refractivity contribution is 5.25. The fourth-order valence-corrected chi connectivity index (χ4v) is 2.67. The van der Waals surface area contributed by atoms with Crippen molar-refractivity contribution in [1.82, 2.24) is 5.32 Å². The van der Waals surface area contributed by atoms with Crippen molar-refractivity contribution in [2.24, 2.45) is 0 Å². The van der Waals surface area contributed by atoms with Crippen LogP contribution in [0.2, 0.25) is 0 Å². The van der Waals surface area contributed by atoms with E-state index in [0.29, 0.717) is 11.6 Å². The van der Waals surface area contributed by atoms with Crippen LogP contribution in [-0.4, -0.2) is 19.2 Å². The number of rotatable bonds is 4. The van der Waals surface area contributed by atoms with E-state index in [-0.39, 0.29) is 12.7 Å². The fraction of sp³-hybridized carbons (Fsp3) is 0.600. The van der Waals surface area contributed by atoms with Crippen molar-refractivity contribution in [1.29, 1.82) is 0 Å².